The van der Waals surface area contributed by atoms with Gasteiger partial charge in [0.25, 0.3) is 0 Å². The first-order chi connectivity index (χ1) is 11.8. The largest absolute Gasteiger partial charge is 0.494 e. The second kappa shape index (κ2) is 8.32. The average molecular weight is 350 g/mol. The van der Waals surface area contributed by atoms with Crippen LogP contribution in [0, 0.1) is 11.2 Å². The highest BCUT2D eigenvalue weighted by molar-refractivity contribution is 5.90. The van der Waals surface area contributed by atoms with E-state index in [1.807, 2.05) is 20.8 Å². The van der Waals surface area contributed by atoms with Crippen LogP contribution in [0.3, 0.4) is 0 Å². The summed E-state index contributed by atoms with van der Waals surface area (Å²) in [5.74, 6) is 0.220. The molecule has 0 saturated carbocycles. The van der Waals surface area contributed by atoms with E-state index in [0.717, 1.165) is 6.42 Å². The Bertz CT molecular complexity index is 596. The van der Waals surface area contributed by atoms with Gasteiger partial charge in [0.05, 0.1) is 6.61 Å². The number of ether oxygens (including phenoxy) is 1. The maximum atomic E-state index is 12.8. The van der Waals surface area contributed by atoms with Gasteiger partial charge in [-0.1, -0.05) is 20.8 Å². The van der Waals surface area contributed by atoms with Crippen molar-refractivity contribution in [2.75, 3.05) is 19.7 Å². The van der Waals surface area contributed by atoms with Crippen molar-refractivity contribution < 1.29 is 18.7 Å². The topological polar surface area (TPSA) is 58.6 Å². The summed E-state index contributed by atoms with van der Waals surface area (Å²) in [6, 6.07) is 5.46. The first-order valence-electron chi connectivity index (χ1n) is 8.76. The summed E-state index contributed by atoms with van der Waals surface area (Å²) in [4.78, 5) is 26.5. The predicted molar refractivity (Wildman–Crippen MR) is 93.7 cm³/mol. The highest BCUT2D eigenvalue weighted by Gasteiger charge is 2.38. The number of likely N-dealkylation sites (tertiary alicyclic amines) is 1. The highest BCUT2D eigenvalue weighted by Crippen LogP contribution is 2.25. The van der Waals surface area contributed by atoms with E-state index >= 15 is 0 Å². The summed E-state index contributed by atoms with van der Waals surface area (Å²) in [6.45, 7) is 7.16. The number of nitrogens with zero attached hydrogens (tertiary/aromatic N) is 1. The van der Waals surface area contributed by atoms with E-state index in [4.69, 9.17) is 4.74 Å². The van der Waals surface area contributed by atoms with Gasteiger partial charge in [0.2, 0.25) is 11.8 Å². The molecule has 1 atom stereocenters. The lowest BCUT2D eigenvalue weighted by Gasteiger charge is -2.30. The molecule has 138 valence electrons. The van der Waals surface area contributed by atoms with Crippen LogP contribution in [0.2, 0.25) is 0 Å². The highest BCUT2D eigenvalue weighted by atomic mass is 19.1. The summed E-state index contributed by atoms with van der Waals surface area (Å²) in [6.07, 6.45) is 2.20. The van der Waals surface area contributed by atoms with E-state index in [1.54, 1.807) is 17.0 Å². The minimum absolute atomic E-state index is 0.0183. The molecule has 0 radical (unpaired) electrons. The van der Waals surface area contributed by atoms with Crippen LogP contribution in [0.1, 0.15) is 40.0 Å². The van der Waals surface area contributed by atoms with Gasteiger partial charge in [0.15, 0.2) is 0 Å². The number of hydrogen-bond donors (Lipinski definition) is 1. The minimum atomic E-state index is -0.480. The lowest BCUT2D eigenvalue weighted by atomic mass is 9.94. The molecule has 1 saturated heterocycles. The van der Waals surface area contributed by atoms with Gasteiger partial charge in [-0.3, -0.25) is 9.59 Å². The van der Waals surface area contributed by atoms with E-state index in [-0.39, 0.29) is 23.7 Å². The molecule has 5 nitrogen and oxygen atoms in total. The van der Waals surface area contributed by atoms with Gasteiger partial charge in [-0.2, -0.15) is 0 Å². The molecule has 2 rings (SSSR count). The summed E-state index contributed by atoms with van der Waals surface area (Å²) < 4.78 is 18.3. The van der Waals surface area contributed by atoms with Gasteiger partial charge >= 0.3 is 0 Å². The molecule has 0 aromatic heterocycles. The maximum absolute atomic E-state index is 12.8. The van der Waals surface area contributed by atoms with Gasteiger partial charge in [0.1, 0.15) is 17.6 Å². The summed E-state index contributed by atoms with van der Waals surface area (Å²) in [5.41, 5.74) is -0.480. The SMILES string of the molecule is CC(C)(C)C(=O)N1CCCC1C(=O)NCCCOc1ccc(F)cc1. The van der Waals surface area contributed by atoms with Gasteiger partial charge in [0, 0.05) is 18.5 Å². The molecular weight excluding hydrogens is 323 g/mol. The van der Waals surface area contributed by atoms with E-state index in [9.17, 15) is 14.0 Å². The van der Waals surface area contributed by atoms with Gasteiger partial charge in [-0.15, -0.1) is 0 Å². The fourth-order valence-electron chi connectivity index (χ4n) is 2.84. The monoisotopic (exact) mass is 350 g/mol. The van der Waals surface area contributed by atoms with Crippen LogP contribution < -0.4 is 10.1 Å². The molecule has 1 aliphatic rings. The molecule has 25 heavy (non-hydrogen) atoms. The van der Waals surface area contributed by atoms with Crippen molar-refractivity contribution >= 4 is 11.8 Å². The predicted octanol–water partition coefficient (Wildman–Crippen LogP) is 2.75. The van der Waals surface area contributed by atoms with Crippen molar-refractivity contribution in [3.05, 3.63) is 30.1 Å². The Hall–Kier alpha value is -2.11. The molecule has 1 aromatic carbocycles. The second-order valence-electron chi connectivity index (χ2n) is 7.35. The molecule has 0 aliphatic carbocycles. The molecular formula is C19H27FN2O3. The molecule has 0 bridgehead atoms. The Morgan fingerprint density at radius 3 is 2.60 bits per heavy atom. The third kappa shape index (κ3) is 5.44. The number of amides is 2. The third-order valence-corrected chi connectivity index (χ3v) is 4.16. The second-order valence-corrected chi connectivity index (χ2v) is 7.35. The van der Waals surface area contributed by atoms with Crippen LogP contribution in [0.5, 0.6) is 5.75 Å². The fourth-order valence-corrected chi connectivity index (χ4v) is 2.84. The number of halogens is 1. The smallest absolute Gasteiger partial charge is 0.242 e. The molecule has 2 amide bonds. The number of nitrogens with one attached hydrogen (secondary N) is 1. The summed E-state index contributed by atoms with van der Waals surface area (Å²) in [5, 5.41) is 2.88. The number of carbonyl (C=O) groups excluding carboxylic acids is 2. The Morgan fingerprint density at radius 2 is 1.96 bits per heavy atom. The average Bonchev–Trinajstić information content (AvgIpc) is 3.04. The van der Waals surface area contributed by atoms with Crippen molar-refractivity contribution in [2.24, 2.45) is 5.41 Å². The Kier molecular flexibility index (Phi) is 6.39. The number of rotatable bonds is 6. The van der Waals surface area contributed by atoms with E-state index < -0.39 is 5.41 Å². The zero-order valence-electron chi connectivity index (χ0n) is 15.2. The lowest BCUT2D eigenvalue weighted by Crippen LogP contribution is -2.49. The first kappa shape index (κ1) is 19.2. The van der Waals surface area contributed by atoms with Crippen molar-refractivity contribution in [3.63, 3.8) is 0 Å². The van der Waals surface area contributed by atoms with E-state index in [2.05, 4.69) is 5.32 Å². The molecule has 1 aromatic rings. The Labute approximate surface area is 148 Å². The number of carbonyl (C=O) groups is 2. The van der Waals surface area contributed by atoms with Crippen LogP contribution in [0.25, 0.3) is 0 Å². The zero-order chi connectivity index (χ0) is 18.4. The zero-order valence-corrected chi connectivity index (χ0v) is 15.2. The molecule has 1 heterocycles. The molecule has 6 heteroatoms. The van der Waals surface area contributed by atoms with Crippen molar-refractivity contribution in [3.8, 4) is 5.75 Å². The number of hydrogen-bond acceptors (Lipinski definition) is 3. The normalized spacial score (nSPS) is 17.4. The fraction of sp³-hybridized carbons (Fsp3) is 0.579. The van der Waals surface area contributed by atoms with Crippen molar-refractivity contribution in [1.29, 1.82) is 0 Å². The van der Waals surface area contributed by atoms with Crippen LogP contribution in [-0.2, 0) is 9.59 Å². The minimum Gasteiger partial charge on any atom is -0.494 e. The quantitative estimate of drug-likeness (QED) is 0.803. The standard InChI is InChI=1S/C19H27FN2O3/c1-19(2,3)18(24)22-12-4-6-16(22)17(23)21-11-5-13-25-15-9-7-14(20)8-10-15/h7-10,16H,4-6,11-13H2,1-3H3,(H,21,23). The van der Waals surface area contributed by atoms with Crippen LogP contribution in [-0.4, -0.2) is 42.5 Å². The molecule has 1 fully saturated rings. The Balaban J connectivity index is 1.72. The van der Waals surface area contributed by atoms with Crippen LogP contribution >= 0.6 is 0 Å². The molecule has 1 N–H and O–H groups in total. The number of benzene rings is 1. The van der Waals surface area contributed by atoms with Crippen molar-refractivity contribution in [2.45, 2.75) is 46.1 Å². The Morgan fingerprint density at radius 1 is 1.28 bits per heavy atom. The van der Waals surface area contributed by atoms with E-state index in [0.29, 0.717) is 38.3 Å². The lowest BCUT2D eigenvalue weighted by molar-refractivity contribution is -0.144. The molecule has 1 aliphatic heterocycles. The van der Waals surface area contributed by atoms with Gasteiger partial charge < -0.3 is 15.0 Å². The van der Waals surface area contributed by atoms with Gasteiger partial charge in [-0.05, 0) is 43.5 Å². The third-order valence-electron chi connectivity index (χ3n) is 4.16. The van der Waals surface area contributed by atoms with Crippen LogP contribution in [0.15, 0.2) is 24.3 Å². The van der Waals surface area contributed by atoms with Gasteiger partial charge in [-0.25, -0.2) is 4.39 Å². The van der Waals surface area contributed by atoms with Crippen LogP contribution in [0.4, 0.5) is 4.39 Å². The molecule has 0 spiro atoms. The maximum Gasteiger partial charge on any atom is 0.242 e. The van der Waals surface area contributed by atoms with Crippen molar-refractivity contribution in [1.82, 2.24) is 10.2 Å². The summed E-state index contributed by atoms with van der Waals surface area (Å²) in [7, 11) is 0. The summed E-state index contributed by atoms with van der Waals surface area (Å²) >= 11 is 0. The first-order valence-corrected chi connectivity index (χ1v) is 8.76. The van der Waals surface area contributed by atoms with E-state index in [1.165, 1.54) is 12.1 Å². The molecule has 1 unspecified atom stereocenters.